The Morgan fingerprint density at radius 3 is 2.56 bits per heavy atom. The van der Waals surface area contributed by atoms with E-state index in [4.69, 9.17) is 0 Å². The van der Waals surface area contributed by atoms with Crippen molar-refractivity contribution in [1.29, 1.82) is 0 Å². The average molecular weight is 524 g/mol. The van der Waals surface area contributed by atoms with Crippen molar-refractivity contribution in [3.05, 3.63) is 18.0 Å². The van der Waals surface area contributed by atoms with Gasteiger partial charge in [-0.25, -0.2) is 18.4 Å². The SMILES string of the molecule is CN=C(NCCNc1nccc(C(F)(F)F)n1)NC(C)CCS(C)(=O)=O.I. The van der Waals surface area contributed by atoms with Crippen LogP contribution < -0.4 is 16.0 Å². The molecule has 1 atom stereocenters. The third-order valence-corrected chi connectivity index (χ3v) is 4.15. The number of hydrogen-bond donors (Lipinski definition) is 3. The predicted molar refractivity (Wildman–Crippen MR) is 109 cm³/mol. The molecule has 0 aliphatic heterocycles. The molecule has 0 bridgehead atoms. The minimum absolute atomic E-state index is 0. The van der Waals surface area contributed by atoms with Crippen molar-refractivity contribution < 1.29 is 21.6 Å². The van der Waals surface area contributed by atoms with Gasteiger partial charge in [-0.15, -0.1) is 24.0 Å². The summed E-state index contributed by atoms with van der Waals surface area (Å²) in [6.07, 6.45) is -1.88. The first-order chi connectivity index (χ1) is 12.0. The van der Waals surface area contributed by atoms with E-state index in [9.17, 15) is 21.6 Å². The number of aromatic nitrogens is 2. The summed E-state index contributed by atoms with van der Waals surface area (Å²) in [4.78, 5) is 11.1. The fourth-order valence-corrected chi connectivity index (χ4v) is 2.63. The van der Waals surface area contributed by atoms with Crippen molar-refractivity contribution in [2.45, 2.75) is 25.6 Å². The van der Waals surface area contributed by atoms with E-state index in [1.54, 1.807) is 7.05 Å². The molecule has 0 aromatic carbocycles. The molecule has 0 radical (unpaired) electrons. The highest BCUT2D eigenvalue weighted by Crippen LogP contribution is 2.27. The summed E-state index contributed by atoms with van der Waals surface area (Å²) in [5, 5.41) is 8.68. The van der Waals surface area contributed by atoms with Crippen molar-refractivity contribution in [3.63, 3.8) is 0 Å². The molecule has 1 heterocycles. The Kier molecular flexibility index (Phi) is 10.9. The number of sulfone groups is 1. The number of nitrogens with zero attached hydrogens (tertiary/aromatic N) is 3. The zero-order valence-electron chi connectivity index (χ0n) is 15.2. The van der Waals surface area contributed by atoms with Crippen LogP contribution in [0.1, 0.15) is 19.0 Å². The van der Waals surface area contributed by atoms with Crippen LogP contribution in [0.4, 0.5) is 19.1 Å². The van der Waals surface area contributed by atoms with E-state index in [1.165, 1.54) is 6.26 Å². The molecule has 0 spiro atoms. The molecule has 1 unspecified atom stereocenters. The van der Waals surface area contributed by atoms with Gasteiger partial charge in [0.1, 0.15) is 15.5 Å². The predicted octanol–water partition coefficient (Wildman–Crippen LogP) is 1.51. The van der Waals surface area contributed by atoms with Gasteiger partial charge in [-0.05, 0) is 19.4 Å². The average Bonchev–Trinajstić information content (AvgIpc) is 2.54. The second-order valence-electron chi connectivity index (χ2n) is 5.65. The lowest BCUT2D eigenvalue weighted by atomic mass is 10.3. The maximum atomic E-state index is 12.6. The number of aliphatic imine (C=N–C) groups is 1. The number of rotatable bonds is 8. The van der Waals surface area contributed by atoms with Gasteiger partial charge in [0.25, 0.3) is 0 Å². The van der Waals surface area contributed by atoms with Crippen LogP contribution in [0.2, 0.25) is 0 Å². The van der Waals surface area contributed by atoms with Crippen LogP contribution in [0.5, 0.6) is 0 Å². The van der Waals surface area contributed by atoms with Crippen LogP contribution in [0.15, 0.2) is 17.3 Å². The molecular weight excluding hydrogens is 500 g/mol. The summed E-state index contributed by atoms with van der Waals surface area (Å²) in [5.74, 6) is 0.399. The Bertz CT molecular complexity index is 715. The smallest absolute Gasteiger partial charge is 0.355 e. The molecule has 0 aliphatic rings. The molecule has 1 aromatic rings. The summed E-state index contributed by atoms with van der Waals surface area (Å²) in [5.41, 5.74) is -1.01. The zero-order chi connectivity index (χ0) is 19.8. The number of halogens is 4. The summed E-state index contributed by atoms with van der Waals surface area (Å²) in [7, 11) is -1.47. The molecular formula is C14H24F3IN6O2S. The fourth-order valence-electron chi connectivity index (χ4n) is 1.85. The van der Waals surface area contributed by atoms with E-state index in [2.05, 4.69) is 30.9 Å². The molecule has 8 nitrogen and oxygen atoms in total. The van der Waals surface area contributed by atoms with E-state index >= 15 is 0 Å². The maximum absolute atomic E-state index is 12.6. The Balaban J connectivity index is 0.00000676. The third-order valence-electron chi connectivity index (χ3n) is 3.17. The molecule has 0 saturated heterocycles. The molecule has 13 heteroatoms. The van der Waals surface area contributed by atoms with Crippen LogP contribution in [0.25, 0.3) is 0 Å². The highest BCUT2D eigenvalue weighted by atomic mass is 127. The van der Waals surface area contributed by atoms with Crippen LogP contribution in [-0.2, 0) is 16.0 Å². The highest BCUT2D eigenvalue weighted by molar-refractivity contribution is 14.0. The Hall–Kier alpha value is -1.38. The van der Waals surface area contributed by atoms with Crippen LogP contribution in [0.3, 0.4) is 0 Å². The van der Waals surface area contributed by atoms with Crippen LogP contribution >= 0.6 is 24.0 Å². The van der Waals surface area contributed by atoms with Crippen LogP contribution in [0, 0.1) is 0 Å². The molecule has 27 heavy (non-hydrogen) atoms. The van der Waals surface area contributed by atoms with Gasteiger partial charge in [-0.3, -0.25) is 4.99 Å². The Morgan fingerprint density at radius 2 is 2.00 bits per heavy atom. The van der Waals surface area contributed by atoms with Crippen molar-refractivity contribution in [2.75, 3.05) is 37.5 Å². The number of anilines is 1. The van der Waals surface area contributed by atoms with E-state index < -0.39 is 21.7 Å². The van der Waals surface area contributed by atoms with E-state index in [1.807, 2.05) is 6.92 Å². The monoisotopic (exact) mass is 524 g/mol. The molecule has 0 aliphatic carbocycles. The van der Waals surface area contributed by atoms with E-state index in [0.29, 0.717) is 18.9 Å². The maximum Gasteiger partial charge on any atom is 0.433 e. The first kappa shape index (κ1) is 25.6. The van der Waals surface area contributed by atoms with Gasteiger partial charge in [0, 0.05) is 38.6 Å². The Labute approximate surface area is 173 Å². The second kappa shape index (κ2) is 11.5. The van der Waals surface area contributed by atoms with Gasteiger partial charge >= 0.3 is 6.18 Å². The van der Waals surface area contributed by atoms with Crippen molar-refractivity contribution >= 4 is 45.7 Å². The molecule has 0 saturated carbocycles. The van der Waals surface area contributed by atoms with E-state index in [0.717, 1.165) is 12.3 Å². The van der Waals surface area contributed by atoms with Crippen molar-refractivity contribution in [2.24, 2.45) is 4.99 Å². The fraction of sp³-hybridized carbons (Fsp3) is 0.643. The van der Waals surface area contributed by atoms with Gasteiger partial charge in [-0.1, -0.05) is 0 Å². The topological polar surface area (TPSA) is 108 Å². The third kappa shape index (κ3) is 11.1. The summed E-state index contributed by atoms with van der Waals surface area (Å²) in [6, 6.07) is 0.684. The number of guanidine groups is 1. The molecule has 1 rings (SSSR count). The summed E-state index contributed by atoms with van der Waals surface area (Å²) >= 11 is 0. The minimum Gasteiger partial charge on any atom is -0.355 e. The standard InChI is InChI=1S/C14H23F3N6O2S.HI/c1-10(5-9-26(3,24)25)22-12(18-2)20-7-8-21-13-19-6-4-11(23-13)14(15,16)17;/h4,6,10H,5,7-9H2,1-3H3,(H2,18,20,22)(H,19,21,23);1H. The van der Waals surface area contributed by atoms with E-state index in [-0.39, 0.29) is 48.3 Å². The van der Waals surface area contributed by atoms with Gasteiger partial charge in [0.2, 0.25) is 5.95 Å². The molecule has 0 fully saturated rings. The van der Waals surface area contributed by atoms with Crippen molar-refractivity contribution in [3.8, 4) is 0 Å². The second-order valence-corrected chi connectivity index (χ2v) is 7.91. The lowest BCUT2D eigenvalue weighted by Crippen LogP contribution is -2.44. The summed E-state index contributed by atoms with van der Waals surface area (Å²) in [6.45, 7) is 2.44. The minimum atomic E-state index is -4.52. The van der Waals surface area contributed by atoms with Gasteiger partial charge in [-0.2, -0.15) is 13.2 Å². The lowest BCUT2D eigenvalue weighted by molar-refractivity contribution is -0.141. The largest absolute Gasteiger partial charge is 0.433 e. The normalized spacial score (nSPS) is 13.5. The lowest BCUT2D eigenvalue weighted by Gasteiger charge is -2.17. The Morgan fingerprint density at radius 1 is 1.33 bits per heavy atom. The van der Waals surface area contributed by atoms with Crippen molar-refractivity contribution in [1.82, 2.24) is 20.6 Å². The molecule has 156 valence electrons. The van der Waals surface area contributed by atoms with Gasteiger partial charge in [0.05, 0.1) is 5.75 Å². The zero-order valence-corrected chi connectivity index (χ0v) is 18.3. The first-order valence-electron chi connectivity index (χ1n) is 7.80. The quantitative estimate of drug-likeness (QED) is 0.205. The summed E-state index contributed by atoms with van der Waals surface area (Å²) < 4.78 is 60.0. The highest BCUT2D eigenvalue weighted by Gasteiger charge is 2.32. The number of hydrogen-bond acceptors (Lipinski definition) is 6. The van der Waals surface area contributed by atoms with Gasteiger partial charge in [0.15, 0.2) is 5.96 Å². The van der Waals surface area contributed by atoms with Gasteiger partial charge < -0.3 is 16.0 Å². The molecule has 1 aromatic heterocycles. The first-order valence-corrected chi connectivity index (χ1v) is 9.86. The van der Waals surface area contributed by atoms with Crippen LogP contribution in [-0.4, -0.2) is 62.5 Å². The molecule has 0 amide bonds. The molecule has 3 N–H and O–H groups in total. The number of nitrogens with one attached hydrogen (secondary N) is 3. The number of alkyl halides is 3.